The smallest absolute Gasteiger partial charge is 0.170 e. The van der Waals surface area contributed by atoms with Crippen molar-refractivity contribution in [1.82, 2.24) is 24.7 Å². The molecule has 0 radical (unpaired) electrons. The van der Waals surface area contributed by atoms with E-state index in [0.29, 0.717) is 0 Å². The van der Waals surface area contributed by atoms with E-state index in [1.54, 1.807) is 0 Å². The van der Waals surface area contributed by atoms with E-state index in [-0.39, 0.29) is 12.1 Å². The van der Waals surface area contributed by atoms with Crippen molar-refractivity contribution in [2.24, 2.45) is 0 Å². The fourth-order valence-corrected chi connectivity index (χ4v) is 5.01. The number of hydrogen-bond acceptors (Lipinski definition) is 3. The SMILES string of the molecule is Cc1c([C@@H]2[C@H](c3ccccn3)NC(=S)N2CCN(C)C)c(C)n(-c2ccccc2)c1C. The van der Waals surface area contributed by atoms with E-state index in [4.69, 9.17) is 12.2 Å². The van der Waals surface area contributed by atoms with Gasteiger partial charge in [-0.25, -0.2) is 0 Å². The second kappa shape index (κ2) is 8.81. The lowest BCUT2D eigenvalue weighted by Gasteiger charge is -2.29. The molecule has 0 bridgehead atoms. The molecule has 2 aromatic heterocycles. The van der Waals surface area contributed by atoms with E-state index >= 15 is 0 Å². The first-order chi connectivity index (χ1) is 14.9. The van der Waals surface area contributed by atoms with Crippen LogP contribution in [-0.4, -0.2) is 51.6 Å². The van der Waals surface area contributed by atoms with Crippen LogP contribution in [0.4, 0.5) is 0 Å². The van der Waals surface area contributed by atoms with Crippen molar-refractivity contribution in [3.05, 3.63) is 82.9 Å². The summed E-state index contributed by atoms with van der Waals surface area (Å²) in [6.07, 6.45) is 1.86. The number of rotatable bonds is 6. The minimum atomic E-state index is 0.0132. The van der Waals surface area contributed by atoms with Gasteiger partial charge in [-0.1, -0.05) is 24.3 Å². The first kappa shape index (κ1) is 21.5. The maximum atomic E-state index is 5.83. The highest BCUT2D eigenvalue weighted by Gasteiger charge is 2.42. The largest absolute Gasteiger partial charge is 0.352 e. The Morgan fingerprint density at radius 1 is 1.00 bits per heavy atom. The second-order valence-electron chi connectivity index (χ2n) is 8.50. The maximum Gasteiger partial charge on any atom is 0.170 e. The summed E-state index contributed by atoms with van der Waals surface area (Å²) < 4.78 is 2.37. The Bertz CT molecular complexity index is 1060. The summed E-state index contributed by atoms with van der Waals surface area (Å²) in [5, 5.41) is 4.38. The molecule has 4 rings (SSSR count). The maximum absolute atomic E-state index is 5.83. The van der Waals surface area contributed by atoms with E-state index < -0.39 is 0 Å². The highest BCUT2D eigenvalue weighted by atomic mass is 32.1. The first-order valence-corrected chi connectivity index (χ1v) is 11.2. The van der Waals surface area contributed by atoms with E-state index in [1.807, 2.05) is 18.3 Å². The van der Waals surface area contributed by atoms with E-state index in [9.17, 15) is 0 Å². The van der Waals surface area contributed by atoms with Crippen LogP contribution < -0.4 is 5.32 Å². The summed E-state index contributed by atoms with van der Waals surface area (Å²) in [6.45, 7) is 8.46. The predicted molar refractivity (Wildman–Crippen MR) is 131 cm³/mol. The van der Waals surface area contributed by atoms with Gasteiger partial charge in [0, 0.05) is 41.9 Å². The molecule has 1 N–H and O–H groups in total. The van der Waals surface area contributed by atoms with Crippen LogP contribution in [0.1, 0.15) is 40.3 Å². The van der Waals surface area contributed by atoms with Gasteiger partial charge in [-0.3, -0.25) is 4.98 Å². The summed E-state index contributed by atoms with van der Waals surface area (Å²) in [7, 11) is 4.20. The summed E-state index contributed by atoms with van der Waals surface area (Å²) >= 11 is 5.83. The minimum Gasteiger partial charge on any atom is -0.352 e. The van der Waals surface area contributed by atoms with E-state index in [1.165, 1.54) is 28.2 Å². The number of likely N-dealkylation sites (N-methyl/N-ethyl adjacent to an activating group) is 1. The van der Waals surface area contributed by atoms with Crippen LogP contribution >= 0.6 is 12.2 Å². The molecule has 0 unspecified atom stereocenters. The number of para-hydroxylation sites is 1. The Hall–Kier alpha value is -2.70. The molecule has 0 saturated carbocycles. The monoisotopic (exact) mass is 433 g/mol. The molecule has 2 atom stereocenters. The number of nitrogens with one attached hydrogen (secondary N) is 1. The van der Waals surface area contributed by atoms with E-state index in [2.05, 4.69) is 95.9 Å². The highest BCUT2D eigenvalue weighted by Crippen LogP contribution is 2.43. The van der Waals surface area contributed by atoms with Gasteiger partial charge in [0.15, 0.2) is 5.11 Å². The van der Waals surface area contributed by atoms with Crippen LogP contribution in [0, 0.1) is 20.8 Å². The van der Waals surface area contributed by atoms with Gasteiger partial charge in [-0.05, 0) is 76.9 Å². The van der Waals surface area contributed by atoms with Gasteiger partial charge in [0.05, 0.1) is 17.8 Å². The quantitative estimate of drug-likeness (QED) is 0.586. The Balaban J connectivity index is 1.86. The van der Waals surface area contributed by atoms with Crippen LogP contribution in [0.2, 0.25) is 0 Å². The van der Waals surface area contributed by atoms with Crippen molar-refractivity contribution in [3.63, 3.8) is 0 Å². The summed E-state index contributed by atoms with van der Waals surface area (Å²) in [6, 6.07) is 16.8. The van der Waals surface area contributed by atoms with Crippen LogP contribution in [0.25, 0.3) is 5.69 Å². The molecule has 1 aliphatic rings. The van der Waals surface area contributed by atoms with Crippen molar-refractivity contribution in [3.8, 4) is 5.69 Å². The number of aromatic nitrogens is 2. The molecule has 6 heteroatoms. The molecular weight excluding hydrogens is 402 g/mol. The molecule has 1 aromatic carbocycles. The molecule has 31 heavy (non-hydrogen) atoms. The second-order valence-corrected chi connectivity index (χ2v) is 8.89. The molecule has 0 aliphatic carbocycles. The molecule has 0 amide bonds. The van der Waals surface area contributed by atoms with Crippen molar-refractivity contribution >= 4 is 17.3 Å². The number of hydrogen-bond donors (Lipinski definition) is 1. The lowest BCUT2D eigenvalue weighted by atomic mass is 9.93. The molecule has 5 nitrogen and oxygen atoms in total. The Kier molecular flexibility index (Phi) is 6.12. The normalized spacial score (nSPS) is 18.6. The van der Waals surface area contributed by atoms with Crippen molar-refractivity contribution in [2.45, 2.75) is 32.9 Å². The predicted octanol–water partition coefficient (Wildman–Crippen LogP) is 4.33. The molecule has 1 aliphatic heterocycles. The summed E-state index contributed by atoms with van der Waals surface area (Å²) in [4.78, 5) is 9.23. The zero-order chi connectivity index (χ0) is 22.1. The molecular formula is C25H31N5S. The van der Waals surface area contributed by atoms with Gasteiger partial charge in [-0.15, -0.1) is 0 Å². The van der Waals surface area contributed by atoms with E-state index in [0.717, 1.165) is 23.9 Å². The summed E-state index contributed by atoms with van der Waals surface area (Å²) in [5.74, 6) is 0. The average Bonchev–Trinajstić information content (AvgIpc) is 3.20. The van der Waals surface area contributed by atoms with Gasteiger partial charge in [0.1, 0.15) is 0 Å². The van der Waals surface area contributed by atoms with Gasteiger partial charge in [-0.2, -0.15) is 0 Å². The van der Waals surface area contributed by atoms with Gasteiger partial charge < -0.3 is 19.7 Å². The molecule has 0 spiro atoms. The Labute approximate surface area is 190 Å². The van der Waals surface area contributed by atoms with Crippen LogP contribution in [0.5, 0.6) is 0 Å². The van der Waals surface area contributed by atoms with Crippen LogP contribution in [-0.2, 0) is 0 Å². The topological polar surface area (TPSA) is 36.3 Å². The van der Waals surface area contributed by atoms with Crippen molar-refractivity contribution in [1.29, 1.82) is 0 Å². The van der Waals surface area contributed by atoms with Gasteiger partial charge >= 0.3 is 0 Å². The third-order valence-corrected chi connectivity index (χ3v) is 6.66. The molecule has 1 saturated heterocycles. The molecule has 1 fully saturated rings. The van der Waals surface area contributed by atoms with Crippen LogP contribution in [0.3, 0.4) is 0 Å². The number of benzene rings is 1. The minimum absolute atomic E-state index is 0.0132. The number of nitrogens with zero attached hydrogens (tertiary/aromatic N) is 4. The fourth-order valence-electron chi connectivity index (χ4n) is 4.67. The fraction of sp³-hybridized carbons (Fsp3) is 0.360. The zero-order valence-corrected chi connectivity index (χ0v) is 19.8. The number of thiocarbonyl (C=S) groups is 1. The summed E-state index contributed by atoms with van der Waals surface area (Å²) in [5.41, 5.74) is 7.38. The first-order valence-electron chi connectivity index (χ1n) is 10.8. The third-order valence-electron chi connectivity index (χ3n) is 6.30. The highest BCUT2D eigenvalue weighted by molar-refractivity contribution is 7.80. The average molecular weight is 434 g/mol. The lowest BCUT2D eigenvalue weighted by molar-refractivity contribution is 0.276. The number of pyridine rings is 1. The Morgan fingerprint density at radius 3 is 2.35 bits per heavy atom. The van der Waals surface area contributed by atoms with Crippen molar-refractivity contribution in [2.75, 3.05) is 27.2 Å². The third kappa shape index (κ3) is 3.98. The van der Waals surface area contributed by atoms with Crippen molar-refractivity contribution < 1.29 is 0 Å². The standard InChI is InChI=1S/C25H31N5S/c1-17-18(2)30(20-11-7-6-8-12-20)19(3)22(17)24-23(21-13-9-10-14-26-21)27-25(31)29(24)16-15-28(4)5/h6-14,23-24H,15-16H2,1-5H3,(H,27,31)/t23-,24+/m0/s1. The van der Waals surface area contributed by atoms with Gasteiger partial charge in [0.2, 0.25) is 0 Å². The zero-order valence-electron chi connectivity index (χ0n) is 19.0. The lowest BCUT2D eigenvalue weighted by Crippen LogP contribution is -2.35. The molecule has 3 heterocycles. The van der Waals surface area contributed by atoms with Gasteiger partial charge in [0.25, 0.3) is 0 Å². The Morgan fingerprint density at radius 2 is 1.71 bits per heavy atom. The molecule has 3 aromatic rings. The van der Waals surface area contributed by atoms with Crippen LogP contribution in [0.15, 0.2) is 54.7 Å². The molecule has 162 valence electrons.